The number of likely N-dealkylation sites (tertiary alicyclic amines) is 1. The van der Waals surface area contributed by atoms with Gasteiger partial charge in [-0.1, -0.05) is 0 Å². The van der Waals surface area contributed by atoms with Crippen LogP contribution in [0.25, 0.3) is 0 Å². The Kier molecular flexibility index (Phi) is 3.68. The molecule has 0 atom stereocenters. The summed E-state index contributed by atoms with van der Waals surface area (Å²) in [4.78, 5) is 25.6. The first-order chi connectivity index (χ1) is 8.49. The zero-order valence-corrected chi connectivity index (χ0v) is 10.9. The highest BCUT2D eigenvalue weighted by Gasteiger charge is 2.17. The number of rotatable bonds is 2. The van der Waals surface area contributed by atoms with Gasteiger partial charge in [-0.25, -0.2) is 4.79 Å². The van der Waals surface area contributed by atoms with E-state index in [1.165, 1.54) is 17.7 Å². The minimum Gasteiger partial charge on any atom is -0.328 e. The fraction of sp³-hybridized carbons (Fsp3) is 0.667. The predicted octanol–water partition coefficient (Wildman–Crippen LogP) is -0.993. The van der Waals surface area contributed by atoms with Crippen molar-refractivity contribution in [3.05, 3.63) is 32.6 Å². The minimum absolute atomic E-state index is 0.248. The highest BCUT2D eigenvalue weighted by molar-refractivity contribution is 5.02. The molecule has 0 bridgehead atoms. The van der Waals surface area contributed by atoms with Gasteiger partial charge in [-0.3, -0.25) is 18.8 Å². The SMILES string of the molecule is Cn1c(CN2CCC(N)CC2)cc(=O)n(C)c1=O. The van der Waals surface area contributed by atoms with Gasteiger partial charge in [0, 0.05) is 51.5 Å². The molecule has 6 nitrogen and oxygen atoms in total. The van der Waals surface area contributed by atoms with E-state index in [-0.39, 0.29) is 17.3 Å². The summed E-state index contributed by atoms with van der Waals surface area (Å²) in [7, 11) is 3.20. The molecule has 2 heterocycles. The summed E-state index contributed by atoms with van der Waals surface area (Å²) < 4.78 is 2.66. The van der Waals surface area contributed by atoms with Crippen molar-refractivity contribution < 1.29 is 0 Å². The number of hydrogen-bond acceptors (Lipinski definition) is 4. The fourth-order valence-electron chi connectivity index (χ4n) is 2.27. The van der Waals surface area contributed by atoms with Gasteiger partial charge in [0.15, 0.2) is 0 Å². The van der Waals surface area contributed by atoms with Crippen LogP contribution in [-0.2, 0) is 20.6 Å². The summed E-state index contributed by atoms with van der Waals surface area (Å²) >= 11 is 0. The average molecular weight is 252 g/mol. The third-order valence-corrected chi connectivity index (χ3v) is 3.64. The molecule has 0 saturated carbocycles. The largest absolute Gasteiger partial charge is 0.330 e. The van der Waals surface area contributed by atoms with Crippen LogP contribution in [0.15, 0.2) is 15.7 Å². The number of nitrogens with two attached hydrogens (primary N) is 1. The number of piperidine rings is 1. The average Bonchev–Trinajstić information content (AvgIpc) is 2.36. The Labute approximate surface area is 106 Å². The molecule has 0 aromatic carbocycles. The van der Waals surface area contributed by atoms with Gasteiger partial charge in [0.2, 0.25) is 0 Å². The third-order valence-electron chi connectivity index (χ3n) is 3.64. The molecule has 0 unspecified atom stereocenters. The molecule has 18 heavy (non-hydrogen) atoms. The van der Waals surface area contributed by atoms with Crippen molar-refractivity contribution >= 4 is 0 Å². The monoisotopic (exact) mass is 252 g/mol. The second kappa shape index (κ2) is 5.07. The topological polar surface area (TPSA) is 73.3 Å². The smallest absolute Gasteiger partial charge is 0.328 e. The zero-order valence-electron chi connectivity index (χ0n) is 10.9. The van der Waals surface area contributed by atoms with E-state index in [1.807, 2.05) is 0 Å². The van der Waals surface area contributed by atoms with Crippen LogP contribution in [0.4, 0.5) is 0 Å². The molecule has 2 rings (SSSR count). The summed E-state index contributed by atoms with van der Waals surface area (Å²) in [5.41, 5.74) is 6.10. The van der Waals surface area contributed by atoms with Crippen molar-refractivity contribution in [1.29, 1.82) is 0 Å². The maximum absolute atomic E-state index is 11.8. The van der Waals surface area contributed by atoms with Gasteiger partial charge in [-0.05, 0) is 12.8 Å². The Morgan fingerprint density at radius 1 is 1.22 bits per heavy atom. The Bertz CT molecular complexity index is 538. The van der Waals surface area contributed by atoms with Gasteiger partial charge in [-0.15, -0.1) is 0 Å². The van der Waals surface area contributed by atoms with Gasteiger partial charge in [-0.2, -0.15) is 0 Å². The van der Waals surface area contributed by atoms with Crippen LogP contribution in [0.1, 0.15) is 18.5 Å². The highest BCUT2D eigenvalue weighted by Crippen LogP contribution is 2.10. The summed E-state index contributed by atoms with van der Waals surface area (Å²) in [6, 6.07) is 1.82. The number of nitrogens with zero attached hydrogens (tertiary/aromatic N) is 3. The predicted molar refractivity (Wildman–Crippen MR) is 69.4 cm³/mol. The Morgan fingerprint density at radius 2 is 1.83 bits per heavy atom. The Morgan fingerprint density at radius 3 is 2.44 bits per heavy atom. The summed E-state index contributed by atoms with van der Waals surface area (Å²) in [6.45, 7) is 2.48. The van der Waals surface area contributed by atoms with Crippen molar-refractivity contribution in [3.63, 3.8) is 0 Å². The van der Waals surface area contributed by atoms with Crippen LogP contribution in [0.5, 0.6) is 0 Å². The van der Waals surface area contributed by atoms with Crippen molar-refractivity contribution in [2.45, 2.75) is 25.4 Å². The molecule has 1 aliphatic rings. The number of aromatic nitrogens is 2. The second-order valence-electron chi connectivity index (χ2n) is 4.99. The van der Waals surface area contributed by atoms with Gasteiger partial charge >= 0.3 is 5.69 Å². The van der Waals surface area contributed by atoms with Crippen molar-refractivity contribution in [1.82, 2.24) is 14.0 Å². The first kappa shape index (κ1) is 13.0. The standard InChI is InChI=1S/C12H20N4O2/c1-14-10(7-11(17)15(2)12(14)18)8-16-5-3-9(13)4-6-16/h7,9H,3-6,8,13H2,1-2H3. The van der Waals surface area contributed by atoms with E-state index in [9.17, 15) is 9.59 Å². The third kappa shape index (κ3) is 2.54. The fourth-order valence-corrected chi connectivity index (χ4v) is 2.27. The molecule has 1 fully saturated rings. The van der Waals surface area contributed by atoms with E-state index >= 15 is 0 Å². The van der Waals surface area contributed by atoms with E-state index < -0.39 is 0 Å². The van der Waals surface area contributed by atoms with Gasteiger partial charge in [0.25, 0.3) is 5.56 Å². The van der Waals surface area contributed by atoms with Gasteiger partial charge < -0.3 is 5.73 Å². The Hall–Kier alpha value is -1.40. The molecule has 2 N–H and O–H groups in total. The molecule has 100 valence electrons. The second-order valence-corrected chi connectivity index (χ2v) is 4.99. The van der Waals surface area contributed by atoms with Crippen molar-refractivity contribution in [2.24, 2.45) is 19.8 Å². The molecule has 1 aromatic rings. The summed E-state index contributed by atoms with van der Waals surface area (Å²) in [5, 5.41) is 0. The quantitative estimate of drug-likeness (QED) is 0.733. The molecule has 1 aliphatic heterocycles. The zero-order chi connectivity index (χ0) is 13.3. The molecule has 6 heteroatoms. The number of hydrogen-bond donors (Lipinski definition) is 1. The van der Waals surface area contributed by atoms with Crippen LogP contribution in [-0.4, -0.2) is 33.2 Å². The normalized spacial score (nSPS) is 18.2. The van der Waals surface area contributed by atoms with E-state index in [2.05, 4.69) is 4.90 Å². The van der Waals surface area contributed by atoms with Crippen molar-refractivity contribution in [2.75, 3.05) is 13.1 Å². The maximum atomic E-state index is 11.8. The lowest BCUT2D eigenvalue weighted by Crippen LogP contribution is -2.42. The van der Waals surface area contributed by atoms with E-state index in [0.29, 0.717) is 6.54 Å². The van der Waals surface area contributed by atoms with Gasteiger partial charge in [0.1, 0.15) is 0 Å². The minimum atomic E-state index is -0.272. The van der Waals surface area contributed by atoms with Crippen LogP contribution < -0.4 is 17.0 Å². The molecular weight excluding hydrogens is 232 g/mol. The van der Waals surface area contributed by atoms with Crippen LogP contribution in [0.3, 0.4) is 0 Å². The molecule has 0 amide bonds. The van der Waals surface area contributed by atoms with Crippen molar-refractivity contribution in [3.8, 4) is 0 Å². The molecule has 0 aliphatic carbocycles. The molecule has 1 saturated heterocycles. The first-order valence-electron chi connectivity index (χ1n) is 6.23. The van der Waals surface area contributed by atoms with Crippen LogP contribution >= 0.6 is 0 Å². The molecule has 0 spiro atoms. The Balaban J connectivity index is 2.20. The summed E-state index contributed by atoms with van der Waals surface area (Å²) in [5.74, 6) is 0. The first-order valence-corrected chi connectivity index (χ1v) is 6.23. The lowest BCUT2D eigenvalue weighted by molar-refractivity contribution is 0.200. The highest BCUT2D eigenvalue weighted by atomic mass is 16.2. The maximum Gasteiger partial charge on any atom is 0.330 e. The summed E-state index contributed by atoms with van der Waals surface area (Å²) in [6.07, 6.45) is 1.94. The van der Waals surface area contributed by atoms with Crippen LogP contribution in [0, 0.1) is 0 Å². The molecular formula is C12H20N4O2. The molecule has 0 radical (unpaired) electrons. The lowest BCUT2D eigenvalue weighted by Gasteiger charge is -2.30. The molecule has 1 aromatic heterocycles. The lowest BCUT2D eigenvalue weighted by atomic mass is 10.1. The van der Waals surface area contributed by atoms with E-state index in [4.69, 9.17) is 5.73 Å². The van der Waals surface area contributed by atoms with E-state index in [1.54, 1.807) is 7.05 Å². The van der Waals surface area contributed by atoms with Gasteiger partial charge in [0.05, 0.1) is 0 Å². The van der Waals surface area contributed by atoms with Crippen LogP contribution in [0.2, 0.25) is 0 Å². The van der Waals surface area contributed by atoms with E-state index in [0.717, 1.165) is 36.2 Å².